The molecule has 1 aromatic carbocycles. The normalized spacial score (nSPS) is 27.0. The van der Waals surface area contributed by atoms with Crippen molar-refractivity contribution in [1.29, 1.82) is 0 Å². The van der Waals surface area contributed by atoms with Crippen LogP contribution in [-0.4, -0.2) is 39.9 Å². The van der Waals surface area contributed by atoms with E-state index < -0.39 is 23.2 Å². The first-order valence-electron chi connectivity index (χ1n) is 7.48. The van der Waals surface area contributed by atoms with E-state index in [1.54, 1.807) is 13.0 Å². The molecule has 0 radical (unpaired) electrons. The zero-order valence-electron chi connectivity index (χ0n) is 13.4. The van der Waals surface area contributed by atoms with Crippen LogP contribution in [0.15, 0.2) is 24.3 Å². The number of cyclic esters (lactones) is 1. The van der Waals surface area contributed by atoms with E-state index in [0.29, 0.717) is 12.1 Å². The van der Waals surface area contributed by atoms with Crippen molar-refractivity contribution >= 4 is 17.7 Å². The van der Waals surface area contributed by atoms with Crippen molar-refractivity contribution in [2.45, 2.75) is 44.9 Å². The lowest BCUT2D eigenvalue weighted by molar-refractivity contribution is -0.139. The summed E-state index contributed by atoms with van der Waals surface area (Å²) in [5.41, 5.74) is -2.19. The molecule has 23 heavy (non-hydrogen) atoms. The highest BCUT2D eigenvalue weighted by molar-refractivity contribution is 5.91. The Kier molecular flexibility index (Phi) is 4.61. The lowest BCUT2D eigenvalue weighted by Crippen LogP contribution is -2.55. The lowest BCUT2D eigenvalue weighted by atomic mass is 9.91. The van der Waals surface area contributed by atoms with Crippen LogP contribution in [0.2, 0.25) is 0 Å². The minimum absolute atomic E-state index is 0.00255. The summed E-state index contributed by atoms with van der Waals surface area (Å²) in [6.07, 6.45) is -0.253. The van der Waals surface area contributed by atoms with Crippen molar-refractivity contribution in [2.24, 2.45) is 0 Å². The molecular formula is C16H21FN2O4. The van der Waals surface area contributed by atoms with Crippen LogP contribution in [0.5, 0.6) is 0 Å². The summed E-state index contributed by atoms with van der Waals surface area (Å²) in [6, 6.07) is 5.53. The Labute approximate surface area is 134 Å². The van der Waals surface area contributed by atoms with Gasteiger partial charge in [-0.1, -0.05) is 13.0 Å². The first kappa shape index (κ1) is 17.2. The molecule has 0 aromatic heterocycles. The maximum Gasteiger partial charge on any atom is 0.412 e. The number of rotatable bonds is 5. The Hall–Kier alpha value is -2.15. The van der Waals surface area contributed by atoms with Crippen LogP contribution in [0.3, 0.4) is 0 Å². The van der Waals surface area contributed by atoms with Crippen molar-refractivity contribution in [1.82, 2.24) is 4.90 Å². The molecule has 1 aromatic rings. The van der Waals surface area contributed by atoms with Crippen molar-refractivity contribution < 1.29 is 23.8 Å². The number of carbonyl (C=O) groups is 2. The minimum atomic E-state index is -1.50. The topological polar surface area (TPSA) is 78.9 Å². The number of benzene rings is 1. The van der Waals surface area contributed by atoms with E-state index in [4.69, 9.17) is 4.74 Å². The average molecular weight is 324 g/mol. The number of amides is 2. The van der Waals surface area contributed by atoms with Gasteiger partial charge in [-0.05, 0) is 38.5 Å². The first-order valence-corrected chi connectivity index (χ1v) is 7.48. The standard InChI is InChI=1S/C16H21FN2O4/c1-4-15(2)16(3,22)19(14(21)23-15)9-8-13(20)18-12-7-5-6-11(17)10-12/h5-7,10,22H,4,8-9H2,1-3H3,(H,18,20)/t15-,16-/m1/s1. The maximum atomic E-state index is 13.1. The molecule has 0 spiro atoms. The molecule has 0 saturated carbocycles. The smallest absolute Gasteiger partial charge is 0.412 e. The average Bonchev–Trinajstić information content (AvgIpc) is 2.63. The molecule has 1 heterocycles. The molecule has 1 saturated heterocycles. The van der Waals surface area contributed by atoms with Crippen LogP contribution in [0.1, 0.15) is 33.6 Å². The van der Waals surface area contributed by atoms with Gasteiger partial charge in [0.15, 0.2) is 11.3 Å². The molecule has 7 heteroatoms. The first-order chi connectivity index (χ1) is 10.7. The molecular weight excluding hydrogens is 303 g/mol. The highest BCUT2D eigenvalue weighted by Crippen LogP contribution is 2.39. The van der Waals surface area contributed by atoms with Gasteiger partial charge in [-0.25, -0.2) is 9.18 Å². The molecule has 2 N–H and O–H groups in total. The monoisotopic (exact) mass is 324 g/mol. The fraction of sp³-hybridized carbons (Fsp3) is 0.500. The van der Waals surface area contributed by atoms with Gasteiger partial charge < -0.3 is 15.2 Å². The summed E-state index contributed by atoms with van der Waals surface area (Å²) in [4.78, 5) is 25.0. The molecule has 1 aliphatic heterocycles. The Morgan fingerprint density at radius 2 is 2.13 bits per heavy atom. The van der Waals surface area contributed by atoms with Gasteiger partial charge in [-0.15, -0.1) is 0 Å². The summed E-state index contributed by atoms with van der Waals surface area (Å²) in [7, 11) is 0. The molecule has 1 fully saturated rings. The maximum absolute atomic E-state index is 13.1. The van der Waals surface area contributed by atoms with Gasteiger partial charge in [0, 0.05) is 18.7 Å². The van der Waals surface area contributed by atoms with E-state index >= 15 is 0 Å². The highest BCUT2D eigenvalue weighted by Gasteiger charge is 2.58. The summed E-state index contributed by atoms with van der Waals surface area (Å²) in [5, 5.41) is 13.1. The van der Waals surface area contributed by atoms with Gasteiger partial charge in [0.2, 0.25) is 5.91 Å². The van der Waals surface area contributed by atoms with E-state index in [1.807, 2.05) is 6.92 Å². The number of nitrogens with zero attached hydrogens (tertiary/aromatic N) is 1. The predicted octanol–water partition coefficient (Wildman–Crippen LogP) is 2.48. The van der Waals surface area contributed by atoms with Crippen LogP contribution in [0.25, 0.3) is 0 Å². The molecule has 126 valence electrons. The third kappa shape index (κ3) is 3.29. The van der Waals surface area contributed by atoms with E-state index in [-0.39, 0.29) is 18.9 Å². The largest absolute Gasteiger partial charge is 0.438 e. The molecule has 0 aliphatic carbocycles. The van der Waals surface area contributed by atoms with Crippen LogP contribution < -0.4 is 5.32 Å². The number of nitrogens with one attached hydrogen (secondary N) is 1. The quantitative estimate of drug-likeness (QED) is 0.872. The molecule has 2 amide bonds. The second kappa shape index (κ2) is 6.16. The molecule has 0 unspecified atom stereocenters. The number of carbonyl (C=O) groups excluding carboxylic acids is 2. The van der Waals surface area contributed by atoms with E-state index in [9.17, 15) is 19.1 Å². The molecule has 2 atom stereocenters. The number of halogens is 1. The highest BCUT2D eigenvalue weighted by atomic mass is 19.1. The second-order valence-corrected chi connectivity index (χ2v) is 5.93. The summed E-state index contributed by atoms with van der Waals surface area (Å²) in [5.74, 6) is -0.836. The zero-order valence-corrected chi connectivity index (χ0v) is 13.4. The SMILES string of the molecule is CC[C@@]1(C)OC(=O)N(CCC(=O)Nc2cccc(F)c2)[C@]1(C)O. The third-order valence-electron chi connectivity index (χ3n) is 4.41. The minimum Gasteiger partial charge on any atom is -0.438 e. The van der Waals surface area contributed by atoms with Crippen molar-refractivity contribution in [3.05, 3.63) is 30.1 Å². The summed E-state index contributed by atoms with van der Waals surface area (Å²) >= 11 is 0. The van der Waals surface area contributed by atoms with Gasteiger partial charge in [-0.2, -0.15) is 0 Å². The number of anilines is 1. The summed E-state index contributed by atoms with van der Waals surface area (Å²) < 4.78 is 18.3. The van der Waals surface area contributed by atoms with Crippen molar-refractivity contribution in [3.8, 4) is 0 Å². The fourth-order valence-electron chi connectivity index (χ4n) is 2.53. The third-order valence-corrected chi connectivity index (χ3v) is 4.41. The van der Waals surface area contributed by atoms with E-state index in [2.05, 4.69) is 5.32 Å². The van der Waals surface area contributed by atoms with E-state index in [0.717, 1.165) is 4.90 Å². The van der Waals surface area contributed by atoms with Crippen molar-refractivity contribution in [2.75, 3.05) is 11.9 Å². The van der Waals surface area contributed by atoms with Gasteiger partial charge in [0.05, 0.1) is 0 Å². The van der Waals surface area contributed by atoms with Crippen LogP contribution >= 0.6 is 0 Å². The van der Waals surface area contributed by atoms with Crippen LogP contribution in [0, 0.1) is 5.82 Å². The second-order valence-electron chi connectivity index (χ2n) is 5.93. The fourth-order valence-corrected chi connectivity index (χ4v) is 2.53. The van der Waals surface area contributed by atoms with E-state index in [1.165, 1.54) is 25.1 Å². The number of hydrogen-bond donors (Lipinski definition) is 2. The Morgan fingerprint density at radius 3 is 2.70 bits per heavy atom. The van der Waals surface area contributed by atoms with Gasteiger partial charge >= 0.3 is 6.09 Å². The predicted molar refractivity (Wildman–Crippen MR) is 82.2 cm³/mol. The van der Waals surface area contributed by atoms with Crippen molar-refractivity contribution in [3.63, 3.8) is 0 Å². The molecule has 6 nitrogen and oxygen atoms in total. The number of ether oxygens (including phenoxy) is 1. The van der Waals surface area contributed by atoms with Crippen LogP contribution in [-0.2, 0) is 9.53 Å². The Morgan fingerprint density at radius 1 is 1.43 bits per heavy atom. The zero-order chi connectivity index (χ0) is 17.3. The molecule has 1 aliphatic rings. The number of hydrogen-bond acceptors (Lipinski definition) is 4. The van der Waals surface area contributed by atoms with Gasteiger partial charge in [0.1, 0.15) is 5.82 Å². The Balaban J connectivity index is 1.97. The lowest BCUT2D eigenvalue weighted by Gasteiger charge is -2.36. The molecule has 2 rings (SSSR count). The van der Waals surface area contributed by atoms with Crippen LogP contribution in [0.4, 0.5) is 14.9 Å². The van der Waals surface area contributed by atoms with Gasteiger partial charge in [0.25, 0.3) is 0 Å². The Bertz CT molecular complexity index is 620. The van der Waals surface area contributed by atoms with Gasteiger partial charge in [-0.3, -0.25) is 9.69 Å². The summed E-state index contributed by atoms with van der Waals surface area (Å²) in [6.45, 7) is 4.95. The molecule has 0 bridgehead atoms. The number of aliphatic hydroxyl groups is 1.